The highest BCUT2D eigenvalue weighted by molar-refractivity contribution is 5.45. The van der Waals surface area contributed by atoms with Gasteiger partial charge in [0.15, 0.2) is 0 Å². The van der Waals surface area contributed by atoms with Crippen LogP contribution in [0.3, 0.4) is 0 Å². The molecule has 0 saturated carbocycles. The fourth-order valence-corrected chi connectivity index (χ4v) is 2.01. The standard InChI is InChI=1S/C16H20N2O2/c1-12(19)16-8-7-14(10-17-16)18(2)11-13-5-4-6-15(9-13)20-3/h4-10,12,19H,11H2,1-3H3/t12-/m0/s1. The molecule has 0 unspecified atom stereocenters. The van der Waals surface area contributed by atoms with Crippen LogP contribution in [0.4, 0.5) is 5.69 Å². The predicted octanol–water partition coefficient (Wildman–Crippen LogP) is 2.78. The van der Waals surface area contributed by atoms with Crippen molar-refractivity contribution in [3.8, 4) is 5.75 Å². The van der Waals surface area contributed by atoms with Gasteiger partial charge in [-0.15, -0.1) is 0 Å². The molecule has 1 aromatic carbocycles. The Morgan fingerprint density at radius 1 is 1.30 bits per heavy atom. The van der Waals surface area contributed by atoms with Crippen molar-refractivity contribution in [2.75, 3.05) is 19.1 Å². The fourth-order valence-electron chi connectivity index (χ4n) is 2.01. The summed E-state index contributed by atoms with van der Waals surface area (Å²) in [6.07, 6.45) is 1.25. The smallest absolute Gasteiger partial charge is 0.119 e. The van der Waals surface area contributed by atoms with Crippen molar-refractivity contribution >= 4 is 5.69 Å². The van der Waals surface area contributed by atoms with Gasteiger partial charge in [-0.1, -0.05) is 12.1 Å². The van der Waals surface area contributed by atoms with Gasteiger partial charge < -0.3 is 14.7 Å². The molecule has 4 nitrogen and oxygen atoms in total. The molecule has 1 N–H and O–H groups in total. The van der Waals surface area contributed by atoms with Crippen molar-refractivity contribution in [3.05, 3.63) is 53.9 Å². The largest absolute Gasteiger partial charge is 0.497 e. The van der Waals surface area contributed by atoms with Crippen molar-refractivity contribution in [1.29, 1.82) is 0 Å². The van der Waals surface area contributed by atoms with Gasteiger partial charge in [0.2, 0.25) is 0 Å². The Kier molecular flexibility index (Phi) is 4.58. The van der Waals surface area contributed by atoms with Crippen LogP contribution in [0, 0.1) is 0 Å². The quantitative estimate of drug-likeness (QED) is 0.909. The number of methoxy groups -OCH3 is 1. The number of pyridine rings is 1. The van der Waals surface area contributed by atoms with Crippen LogP contribution in [0.2, 0.25) is 0 Å². The van der Waals surface area contributed by atoms with Crippen molar-refractivity contribution in [2.45, 2.75) is 19.6 Å². The van der Waals surface area contributed by atoms with E-state index in [1.54, 1.807) is 20.2 Å². The molecule has 2 aromatic rings. The number of aliphatic hydroxyl groups excluding tert-OH is 1. The van der Waals surface area contributed by atoms with Gasteiger partial charge in [0.05, 0.1) is 30.8 Å². The minimum Gasteiger partial charge on any atom is -0.497 e. The SMILES string of the molecule is COc1cccc(CN(C)c2ccc([C@H](C)O)nc2)c1. The van der Waals surface area contributed by atoms with Gasteiger partial charge in [-0.05, 0) is 36.8 Å². The van der Waals surface area contributed by atoms with E-state index in [0.29, 0.717) is 5.69 Å². The van der Waals surface area contributed by atoms with E-state index >= 15 is 0 Å². The minimum absolute atomic E-state index is 0.534. The number of aliphatic hydroxyl groups is 1. The number of hydrogen-bond donors (Lipinski definition) is 1. The van der Waals surface area contributed by atoms with Crippen molar-refractivity contribution in [1.82, 2.24) is 4.98 Å². The van der Waals surface area contributed by atoms with Gasteiger partial charge in [-0.2, -0.15) is 0 Å². The molecule has 1 atom stereocenters. The molecule has 1 aromatic heterocycles. The molecular formula is C16H20N2O2. The third kappa shape index (κ3) is 3.48. The van der Waals surface area contributed by atoms with E-state index in [1.165, 1.54) is 5.56 Å². The molecule has 0 saturated heterocycles. The average Bonchev–Trinajstić information content (AvgIpc) is 2.47. The summed E-state index contributed by atoms with van der Waals surface area (Å²) in [7, 11) is 3.68. The first kappa shape index (κ1) is 14.3. The van der Waals surface area contributed by atoms with Crippen LogP contribution in [0.5, 0.6) is 5.75 Å². The molecule has 0 bridgehead atoms. The maximum atomic E-state index is 9.46. The summed E-state index contributed by atoms with van der Waals surface area (Å²) < 4.78 is 5.23. The summed E-state index contributed by atoms with van der Waals surface area (Å²) in [6, 6.07) is 11.8. The van der Waals surface area contributed by atoms with E-state index in [4.69, 9.17) is 4.74 Å². The molecule has 0 radical (unpaired) electrons. The molecule has 0 aliphatic rings. The maximum Gasteiger partial charge on any atom is 0.119 e. The minimum atomic E-state index is -0.534. The molecule has 0 aliphatic heterocycles. The van der Waals surface area contributed by atoms with Gasteiger partial charge in [0.25, 0.3) is 0 Å². The molecule has 4 heteroatoms. The Labute approximate surface area is 119 Å². The van der Waals surface area contributed by atoms with Crippen LogP contribution < -0.4 is 9.64 Å². The molecule has 106 valence electrons. The molecule has 20 heavy (non-hydrogen) atoms. The first-order chi connectivity index (χ1) is 9.60. The summed E-state index contributed by atoms with van der Waals surface area (Å²) in [4.78, 5) is 6.36. The van der Waals surface area contributed by atoms with E-state index in [2.05, 4.69) is 16.0 Å². The zero-order valence-electron chi connectivity index (χ0n) is 12.1. The molecule has 0 spiro atoms. The number of ether oxygens (including phenoxy) is 1. The van der Waals surface area contributed by atoms with Crippen LogP contribution in [-0.2, 0) is 6.54 Å². The topological polar surface area (TPSA) is 45.6 Å². The van der Waals surface area contributed by atoms with Gasteiger partial charge in [0.1, 0.15) is 5.75 Å². The number of aromatic nitrogens is 1. The zero-order chi connectivity index (χ0) is 14.5. The Hall–Kier alpha value is -2.07. The lowest BCUT2D eigenvalue weighted by Gasteiger charge is -2.19. The molecule has 0 fully saturated rings. The fraction of sp³-hybridized carbons (Fsp3) is 0.312. The zero-order valence-corrected chi connectivity index (χ0v) is 12.1. The highest BCUT2D eigenvalue weighted by Crippen LogP contribution is 2.19. The van der Waals surface area contributed by atoms with E-state index in [1.807, 2.05) is 37.4 Å². The van der Waals surface area contributed by atoms with Crippen LogP contribution in [0.25, 0.3) is 0 Å². The number of hydrogen-bond acceptors (Lipinski definition) is 4. The van der Waals surface area contributed by atoms with Gasteiger partial charge >= 0.3 is 0 Å². The summed E-state index contributed by atoms with van der Waals surface area (Å²) in [5, 5.41) is 9.46. The van der Waals surface area contributed by atoms with E-state index in [0.717, 1.165) is 18.0 Å². The summed E-state index contributed by atoms with van der Waals surface area (Å²) in [5.74, 6) is 0.860. The van der Waals surface area contributed by atoms with Crippen LogP contribution in [0.1, 0.15) is 24.3 Å². The van der Waals surface area contributed by atoms with E-state index < -0.39 is 6.10 Å². The Morgan fingerprint density at radius 3 is 2.70 bits per heavy atom. The maximum absolute atomic E-state index is 9.46. The number of anilines is 1. The Balaban J connectivity index is 2.08. The number of rotatable bonds is 5. The second-order valence-corrected chi connectivity index (χ2v) is 4.82. The predicted molar refractivity (Wildman–Crippen MR) is 80.0 cm³/mol. The highest BCUT2D eigenvalue weighted by atomic mass is 16.5. The monoisotopic (exact) mass is 272 g/mol. The molecule has 2 rings (SSSR count). The van der Waals surface area contributed by atoms with Crippen LogP contribution in [0.15, 0.2) is 42.6 Å². The molecular weight excluding hydrogens is 252 g/mol. The van der Waals surface area contributed by atoms with Gasteiger partial charge in [-0.3, -0.25) is 4.98 Å². The Bertz CT molecular complexity index is 553. The lowest BCUT2D eigenvalue weighted by Crippen LogP contribution is -2.16. The molecule has 0 aliphatic carbocycles. The van der Waals surface area contributed by atoms with Crippen molar-refractivity contribution < 1.29 is 9.84 Å². The Morgan fingerprint density at radius 2 is 2.10 bits per heavy atom. The molecule has 1 heterocycles. The van der Waals surface area contributed by atoms with Crippen molar-refractivity contribution in [3.63, 3.8) is 0 Å². The van der Waals surface area contributed by atoms with Crippen LogP contribution in [-0.4, -0.2) is 24.2 Å². The third-order valence-corrected chi connectivity index (χ3v) is 3.19. The lowest BCUT2D eigenvalue weighted by molar-refractivity contribution is 0.194. The average molecular weight is 272 g/mol. The highest BCUT2D eigenvalue weighted by Gasteiger charge is 2.06. The molecule has 0 amide bonds. The second-order valence-electron chi connectivity index (χ2n) is 4.82. The summed E-state index contributed by atoms with van der Waals surface area (Å²) in [5.41, 5.74) is 2.87. The van der Waals surface area contributed by atoms with Gasteiger partial charge in [-0.25, -0.2) is 0 Å². The van der Waals surface area contributed by atoms with E-state index in [9.17, 15) is 5.11 Å². The third-order valence-electron chi connectivity index (χ3n) is 3.19. The lowest BCUT2D eigenvalue weighted by atomic mass is 10.2. The number of benzene rings is 1. The van der Waals surface area contributed by atoms with Crippen molar-refractivity contribution in [2.24, 2.45) is 0 Å². The number of nitrogens with zero attached hydrogens (tertiary/aromatic N) is 2. The normalized spacial score (nSPS) is 12.0. The van der Waals surface area contributed by atoms with Crippen LogP contribution >= 0.6 is 0 Å². The first-order valence-electron chi connectivity index (χ1n) is 6.58. The summed E-state index contributed by atoms with van der Waals surface area (Å²) >= 11 is 0. The van der Waals surface area contributed by atoms with E-state index in [-0.39, 0.29) is 0 Å². The first-order valence-corrected chi connectivity index (χ1v) is 6.58. The summed E-state index contributed by atoms with van der Waals surface area (Å²) in [6.45, 7) is 2.48. The van der Waals surface area contributed by atoms with Gasteiger partial charge in [0, 0.05) is 13.6 Å². The second kappa shape index (κ2) is 6.39.